The van der Waals surface area contributed by atoms with Crippen LogP contribution in [0.25, 0.3) is 0 Å². The van der Waals surface area contributed by atoms with Gasteiger partial charge in [0.1, 0.15) is 12.2 Å². The number of aliphatic hydroxyl groups is 4. The van der Waals surface area contributed by atoms with Gasteiger partial charge in [0, 0.05) is 5.41 Å². The van der Waals surface area contributed by atoms with Crippen molar-refractivity contribution in [1.29, 1.82) is 0 Å². The first-order valence-electron chi connectivity index (χ1n) is 10.4. The molecule has 5 nitrogen and oxygen atoms in total. The largest absolute Gasteiger partial charge is 0.393 e. The summed E-state index contributed by atoms with van der Waals surface area (Å²) in [5.74, 6) is 0.653. The zero-order valence-electron chi connectivity index (χ0n) is 16.0. The second kappa shape index (κ2) is 6.00. The van der Waals surface area contributed by atoms with Crippen LogP contribution in [0, 0.1) is 34.5 Å². The lowest BCUT2D eigenvalue weighted by Crippen LogP contribution is -2.63. The summed E-state index contributed by atoms with van der Waals surface area (Å²) in [5, 5.41) is 41.9. The van der Waals surface area contributed by atoms with E-state index >= 15 is 0 Å². The van der Waals surface area contributed by atoms with Gasteiger partial charge < -0.3 is 20.4 Å². The van der Waals surface area contributed by atoms with Gasteiger partial charge in [-0.25, -0.2) is 0 Å². The SMILES string of the molecule is C[C@]12CC[C@@H](O)C[C@H]1CC[C@@H]1[C@H]2[C@@H](O)C[C@@]2(C)[C@H]1CC[C@]2(O)C(=O)CO. The first kappa shape index (κ1) is 18.9. The molecule has 0 spiro atoms. The van der Waals surface area contributed by atoms with Crippen molar-refractivity contribution in [3.63, 3.8) is 0 Å². The highest BCUT2D eigenvalue weighted by Gasteiger charge is 2.68. The summed E-state index contributed by atoms with van der Waals surface area (Å²) in [6.45, 7) is 3.61. The van der Waals surface area contributed by atoms with Crippen LogP contribution in [0.5, 0.6) is 0 Å². The minimum Gasteiger partial charge on any atom is -0.393 e. The van der Waals surface area contributed by atoms with Gasteiger partial charge in [0.05, 0.1) is 12.2 Å². The number of carbonyl (C=O) groups excluding carboxylic acids is 1. The second-order valence-electron chi connectivity index (χ2n) is 10.2. The van der Waals surface area contributed by atoms with Crippen LogP contribution in [0.1, 0.15) is 65.2 Å². The summed E-state index contributed by atoms with van der Waals surface area (Å²) in [7, 11) is 0. The van der Waals surface area contributed by atoms with Gasteiger partial charge in [0.2, 0.25) is 0 Å². The maximum atomic E-state index is 12.4. The molecule has 0 amide bonds. The number of hydrogen-bond acceptors (Lipinski definition) is 5. The molecule has 0 heterocycles. The van der Waals surface area contributed by atoms with Crippen LogP contribution in [-0.4, -0.2) is 50.6 Å². The Bertz CT molecular complexity index is 593. The minimum absolute atomic E-state index is 0.0323. The van der Waals surface area contributed by atoms with Crippen molar-refractivity contribution >= 4 is 5.78 Å². The number of carbonyl (C=O) groups is 1. The van der Waals surface area contributed by atoms with E-state index in [9.17, 15) is 25.2 Å². The van der Waals surface area contributed by atoms with Gasteiger partial charge in [-0.05, 0) is 80.5 Å². The molecule has 0 aromatic carbocycles. The molecule has 0 aromatic heterocycles. The van der Waals surface area contributed by atoms with Crippen LogP contribution >= 0.6 is 0 Å². The van der Waals surface area contributed by atoms with E-state index in [-0.39, 0.29) is 23.4 Å². The summed E-state index contributed by atoms with van der Waals surface area (Å²) < 4.78 is 0. The van der Waals surface area contributed by atoms with Crippen molar-refractivity contribution in [2.24, 2.45) is 34.5 Å². The van der Waals surface area contributed by atoms with Gasteiger partial charge in [-0.15, -0.1) is 0 Å². The van der Waals surface area contributed by atoms with Crippen LogP contribution in [0.4, 0.5) is 0 Å². The molecule has 4 saturated carbocycles. The normalized spacial score (nSPS) is 56.4. The first-order valence-corrected chi connectivity index (χ1v) is 10.4. The molecular weight excluding hydrogens is 332 g/mol. The van der Waals surface area contributed by atoms with Gasteiger partial charge in [0.25, 0.3) is 0 Å². The number of ketones is 1. The fourth-order valence-corrected chi connectivity index (χ4v) is 7.95. The Morgan fingerprint density at radius 1 is 1.08 bits per heavy atom. The average Bonchev–Trinajstić information content (AvgIpc) is 2.86. The Morgan fingerprint density at radius 2 is 1.81 bits per heavy atom. The summed E-state index contributed by atoms with van der Waals surface area (Å²) in [4.78, 5) is 12.4. The van der Waals surface area contributed by atoms with E-state index in [1.807, 2.05) is 6.92 Å². The van der Waals surface area contributed by atoms with Crippen LogP contribution in [-0.2, 0) is 4.79 Å². The molecule has 4 aliphatic carbocycles. The summed E-state index contributed by atoms with van der Waals surface area (Å²) in [6.07, 6.45) is 5.48. The maximum absolute atomic E-state index is 12.4. The summed E-state index contributed by atoms with van der Waals surface area (Å²) >= 11 is 0. The highest BCUT2D eigenvalue weighted by Crippen LogP contribution is 2.68. The molecule has 4 N–H and O–H groups in total. The number of fused-ring (bicyclic) bond motifs is 5. The molecule has 4 aliphatic rings. The molecule has 0 aromatic rings. The molecular formula is C21H34O5. The van der Waals surface area contributed by atoms with Crippen LogP contribution < -0.4 is 0 Å². The molecule has 4 fully saturated rings. The molecule has 0 saturated heterocycles. The fraction of sp³-hybridized carbons (Fsp3) is 0.952. The molecule has 0 aliphatic heterocycles. The van der Waals surface area contributed by atoms with E-state index in [4.69, 9.17) is 0 Å². The average molecular weight is 366 g/mol. The third kappa shape index (κ3) is 2.27. The third-order valence-corrected chi connectivity index (χ3v) is 9.33. The molecule has 0 bridgehead atoms. The first-order chi connectivity index (χ1) is 12.2. The highest BCUT2D eigenvalue weighted by molar-refractivity contribution is 5.89. The van der Waals surface area contributed by atoms with Gasteiger partial charge >= 0.3 is 0 Å². The van der Waals surface area contributed by atoms with Crippen molar-refractivity contribution in [3.05, 3.63) is 0 Å². The Labute approximate surface area is 155 Å². The van der Waals surface area contributed by atoms with Gasteiger partial charge in [0.15, 0.2) is 5.78 Å². The van der Waals surface area contributed by atoms with E-state index in [0.29, 0.717) is 24.7 Å². The number of aliphatic hydroxyl groups excluding tert-OH is 3. The second-order valence-corrected chi connectivity index (χ2v) is 10.2. The molecule has 9 atom stereocenters. The predicted molar refractivity (Wildman–Crippen MR) is 96.2 cm³/mol. The van der Waals surface area contributed by atoms with E-state index in [0.717, 1.165) is 38.5 Å². The molecule has 0 radical (unpaired) electrons. The standard InChI is InChI=1S/C21H34O5/c1-19-7-5-13(23)9-12(19)3-4-14-15-6-8-21(26,17(25)11-22)20(15,2)10-16(24)18(14)19/h12-16,18,22-24,26H,3-11H2,1-2H3/t12-,13-,14+,15+,16+,18+,19+,20+,21+/m1/s1. The van der Waals surface area contributed by atoms with E-state index in [1.54, 1.807) is 0 Å². The summed E-state index contributed by atoms with van der Waals surface area (Å²) in [6, 6.07) is 0. The van der Waals surface area contributed by atoms with Crippen molar-refractivity contribution in [3.8, 4) is 0 Å². The Kier molecular flexibility index (Phi) is 4.35. The van der Waals surface area contributed by atoms with Gasteiger partial charge in [-0.3, -0.25) is 4.79 Å². The van der Waals surface area contributed by atoms with Crippen LogP contribution in [0.3, 0.4) is 0 Å². The zero-order chi connectivity index (χ0) is 18.9. The van der Waals surface area contributed by atoms with Crippen molar-refractivity contribution in [2.75, 3.05) is 6.61 Å². The number of rotatable bonds is 2. The minimum atomic E-state index is -1.52. The third-order valence-electron chi connectivity index (χ3n) is 9.33. The molecule has 5 heteroatoms. The smallest absolute Gasteiger partial charge is 0.190 e. The van der Waals surface area contributed by atoms with Crippen LogP contribution in [0.2, 0.25) is 0 Å². The van der Waals surface area contributed by atoms with Gasteiger partial charge in [-0.2, -0.15) is 0 Å². The van der Waals surface area contributed by atoms with E-state index < -0.39 is 29.5 Å². The van der Waals surface area contributed by atoms with Crippen LogP contribution in [0.15, 0.2) is 0 Å². The van der Waals surface area contributed by atoms with E-state index in [1.165, 1.54) is 0 Å². The lowest BCUT2D eigenvalue weighted by molar-refractivity contribution is -0.202. The Balaban J connectivity index is 1.69. The molecule has 26 heavy (non-hydrogen) atoms. The quantitative estimate of drug-likeness (QED) is 0.596. The number of Topliss-reactive ketones (excluding diaryl/α,β-unsaturated/α-hetero) is 1. The Morgan fingerprint density at radius 3 is 2.50 bits per heavy atom. The monoisotopic (exact) mass is 366 g/mol. The molecule has 0 unspecified atom stereocenters. The lowest BCUT2D eigenvalue weighted by atomic mass is 9.43. The number of hydrogen-bond donors (Lipinski definition) is 4. The fourth-order valence-electron chi connectivity index (χ4n) is 7.95. The van der Waals surface area contributed by atoms with Crippen molar-refractivity contribution in [2.45, 2.75) is 83.0 Å². The molecule has 148 valence electrons. The van der Waals surface area contributed by atoms with E-state index in [2.05, 4.69) is 6.92 Å². The zero-order valence-corrected chi connectivity index (χ0v) is 16.0. The maximum Gasteiger partial charge on any atom is 0.190 e. The highest BCUT2D eigenvalue weighted by atomic mass is 16.3. The lowest BCUT2D eigenvalue weighted by Gasteiger charge is -2.62. The molecule has 4 rings (SSSR count). The van der Waals surface area contributed by atoms with Gasteiger partial charge in [-0.1, -0.05) is 13.8 Å². The Hall–Kier alpha value is -0.490. The topological polar surface area (TPSA) is 98.0 Å². The van der Waals surface area contributed by atoms with Crippen molar-refractivity contribution in [1.82, 2.24) is 0 Å². The van der Waals surface area contributed by atoms with Crippen molar-refractivity contribution < 1.29 is 25.2 Å². The predicted octanol–water partition coefficient (Wildman–Crippen LogP) is 1.65. The summed E-state index contributed by atoms with van der Waals surface area (Å²) in [5.41, 5.74) is -2.14.